The van der Waals surface area contributed by atoms with Gasteiger partial charge >= 0.3 is 11.9 Å². The molecular formula is C15H13NO6. The molecule has 22 heavy (non-hydrogen) atoms. The number of imide groups is 1. The van der Waals surface area contributed by atoms with Crippen molar-refractivity contribution in [3.63, 3.8) is 0 Å². The van der Waals surface area contributed by atoms with Gasteiger partial charge in [-0.15, -0.1) is 0 Å². The zero-order valence-electron chi connectivity index (χ0n) is 11.5. The van der Waals surface area contributed by atoms with E-state index in [9.17, 15) is 19.2 Å². The third-order valence-electron chi connectivity index (χ3n) is 2.76. The molecule has 0 radical (unpaired) electrons. The fourth-order valence-corrected chi connectivity index (χ4v) is 1.72. The molecule has 1 aromatic rings. The van der Waals surface area contributed by atoms with Crippen LogP contribution in [0.25, 0.3) is 0 Å². The molecule has 1 heterocycles. The minimum absolute atomic E-state index is 0.0819. The summed E-state index contributed by atoms with van der Waals surface area (Å²) in [5.74, 6) is -2.79. The minimum Gasteiger partial charge on any atom is -0.458 e. The number of hydrogen-bond acceptors (Lipinski definition) is 6. The fraction of sp³-hybridized carbons (Fsp3) is 0.200. The largest absolute Gasteiger partial charge is 0.458 e. The van der Waals surface area contributed by atoms with Crippen LogP contribution in [0.4, 0.5) is 0 Å². The van der Waals surface area contributed by atoms with Crippen molar-refractivity contribution in [2.45, 2.75) is 19.1 Å². The molecular weight excluding hydrogens is 290 g/mol. The summed E-state index contributed by atoms with van der Waals surface area (Å²) in [5.41, 5.74) is 0.813. The summed E-state index contributed by atoms with van der Waals surface area (Å²) in [7, 11) is 0. The number of rotatable bonds is 5. The Hall–Kier alpha value is -2.96. The Morgan fingerprint density at radius 3 is 2.45 bits per heavy atom. The molecule has 2 rings (SSSR count). The van der Waals surface area contributed by atoms with Crippen LogP contribution in [-0.4, -0.2) is 29.9 Å². The predicted octanol–water partition coefficient (Wildman–Crippen LogP) is 0.244. The van der Waals surface area contributed by atoms with Gasteiger partial charge in [-0.1, -0.05) is 30.3 Å². The van der Waals surface area contributed by atoms with Crippen molar-refractivity contribution < 1.29 is 28.7 Å². The van der Waals surface area contributed by atoms with Crippen LogP contribution in [0.5, 0.6) is 0 Å². The number of esters is 2. The maximum atomic E-state index is 11.4. The van der Waals surface area contributed by atoms with Crippen LogP contribution in [0.15, 0.2) is 42.5 Å². The standard InChI is InChI=1S/C15H13NO6/c17-12-8-11(15(20)16-12)22-14(19)7-6-13(18)21-9-10-4-2-1-3-5-10/h1-7,11H,8-9H2,(H,16,17,20)/b7-6+. The molecule has 1 aromatic carbocycles. The van der Waals surface area contributed by atoms with E-state index in [1.54, 1.807) is 12.1 Å². The zero-order valence-corrected chi connectivity index (χ0v) is 11.5. The van der Waals surface area contributed by atoms with Crippen LogP contribution in [-0.2, 0) is 35.3 Å². The molecule has 1 N–H and O–H groups in total. The summed E-state index contributed by atoms with van der Waals surface area (Å²) in [4.78, 5) is 45.0. The Kier molecular flexibility index (Phi) is 5.02. The number of ether oxygens (including phenoxy) is 2. The van der Waals surface area contributed by atoms with E-state index < -0.39 is 29.9 Å². The van der Waals surface area contributed by atoms with Gasteiger partial charge in [0.2, 0.25) is 5.91 Å². The lowest BCUT2D eigenvalue weighted by atomic mass is 10.2. The van der Waals surface area contributed by atoms with Gasteiger partial charge in [0.25, 0.3) is 5.91 Å². The van der Waals surface area contributed by atoms with Gasteiger partial charge in [-0.3, -0.25) is 14.9 Å². The third-order valence-corrected chi connectivity index (χ3v) is 2.76. The van der Waals surface area contributed by atoms with Gasteiger partial charge in [0.1, 0.15) is 6.61 Å². The van der Waals surface area contributed by atoms with E-state index in [-0.39, 0.29) is 13.0 Å². The van der Waals surface area contributed by atoms with Crippen molar-refractivity contribution in [3.05, 3.63) is 48.0 Å². The van der Waals surface area contributed by atoms with Crippen LogP contribution in [0.1, 0.15) is 12.0 Å². The highest BCUT2D eigenvalue weighted by atomic mass is 16.6. The van der Waals surface area contributed by atoms with Gasteiger partial charge < -0.3 is 9.47 Å². The maximum Gasteiger partial charge on any atom is 0.331 e. The fourth-order valence-electron chi connectivity index (χ4n) is 1.72. The molecule has 1 aliphatic heterocycles. The lowest BCUT2D eigenvalue weighted by molar-refractivity contribution is -0.149. The lowest BCUT2D eigenvalue weighted by Crippen LogP contribution is -2.27. The van der Waals surface area contributed by atoms with E-state index in [2.05, 4.69) is 0 Å². The van der Waals surface area contributed by atoms with Gasteiger partial charge in [-0.25, -0.2) is 9.59 Å². The summed E-state index contributed by atoms with van der Waals surface area (Å²) in [6, 6.07) is 9.04. The number of nitrogens with one attached hydrogen (secondary N) is 1. The van der Waals surface area contributed by atoms with Crippen LogP contribution in [0, 0.1) is 0 Å². The Bertz CT molecular complexity index is 622. The van der Waals surface area contributed by atoms with Gasteiger partial charge in [-0.2, -0.15) is 0 Å². The molecule has 114 valence electrons. The molecule has 1 fully saturated rings. The van der Waals surface area contributed by atoms with E-state index in [4.69, 9.17) is 9.47 Å². The quantitative estimate of drug-likeness (QED) is 0.475. The van der Waals surface area contributed by atoms with Crippen LogP contribution >= 0.6 is 0 Å². The molecule has 7 nitrogen and oxygen atoms in total. The molecule has 0 aliphatic carbocycles. The van der Waals surface area contributed by atoms with E-state index in [0.717, 1.165) is 17.7 Å². The monoisotopic (exact) mass is 303 g/mol. The predicted molar refractivity (Wildman–Crippen MR) is 73.0 cm³/mol. The van der Waals surface area contributed by atoms with Crippen molar-refractivity contribution in [2.24, 2.45) is 0 Å². The molecule has 0 saturated carbocycles. The van der Waals surface area contributed by atoms with Crippen molar-refractivity contribution in [2.75, 3.05) is 0 Å². The highest BCUT2D eigenvalue weighted by Gasteiger charge is 2.33. The van der Waals surface area contributed by atoms with Crippen LogP contribution < -0.4 is 5.32 Å². The smallest absolute Gasteiger partial charge is 0.331 e. The topological polar surface area (TPSA) is 98.8 Å². The number of benzene rings is 1. The third kappa shape index (κ3) is 4.55. The molecule has 0 bridgehead atoms. The van der Waals surface area contributed by atoms with Crippen molar-refractivity contribution in [3.8, 4) is 0 Å². The Labute approximate surface area is 125 Å². The molecule has 1 aliphatic rings. The summed E-state index contributed by atoms with van der Waals surface area (Å²) in [6.45, 7) is 0.0819. The van der Waals surface area contributed by atoms with E-state index >= 15 is 0 Å². The van der Waals surface area contributed by atoms with Crippen LogP contribution in [0.3, 0.4) is 0 Å². The second kappa shape index (κ2) is 7.16. The highest BCUT2D eigenvalue weighted by molar-refractivity contribution is 6.06. The van der Waals surface area contributed by atoms with E-state index in [1.165, 1.54) is 0 Å². The average Bonchev–Trinajstić information content (AvgIpc) is 2.82. The molecule has 1 unspecified atom stereocenters. The van der Waals surface area contributed by atoms with Gasteiger partial charge in [0, 0.05) is 12.2 Å². The first kappa shape index (κ1) is 15.4. The average molecular weight is 303 g/mol. The molecule has 7 heteroatoms. The second-order valence-corrected chi connectivity index (χ2v) is 4.47. The number of carbonyl (C=O) groups excluding carboxylic acids is 4. The lowest BCUT2D eigenvalue weighted by Gasteiger charge is -2.05. The molecule has 0 aromatic heterocycles. The second-order valence-electron chi connectivity index (χ2n) is 4.47. The molecule has 2 amide bonds. The summed E-state index contributed by atoms with van der Waals surface area (Å²) >= 11 is 0. The SMILES string of the molecule is O=C1CC(OC(=O)/C=C/C(=O)OCc2ccccc2)C(=O)N1. The molecule has 0 spiro atoms. The van der Waals surface area contributed by atoms with Crippen LogP contribution in [0.2, 0.25) is 0 Å². The first-order valence-electron chi connectivity index (χ1n) is 6.47. The van der Waals surface area contributed by atoms with Crippen molar-refractivity contribution in [1.29, 1.82) is 0 Å². The first-order valence-corrected chi connectivity index (χ1v) is 6.47. The van der Waals surface area contributed by atoms with Gasteiger partial charge in [0.05, 0.1) is 6.42 Å². The molecule has 1 saturated heterocycles. The highest BCUT2D eigenvalue weighted by Crippen LogP contribution is 2.07. The number of amides is 2. The molecule has 1 atom stereocenters. The number of carbonyl (C=O) groups is 4. The Morgan fingerprint density at radius 2 is 1.82 bits per heavy atom. The summed E-state index contributed by atoms with van der Waals surface area (Å²) in [5, 5.41) is 2.00. The summed E-state index contributed by atoms with van der Waals surface area (Å²) in [6.07, 6.45) is 0.394. The Morgan fingerprint density at radius 1 is 1.14 bits per heavy atom. The summed E-state index contributed by atoms with van der Waals surface area (Å²) < 4.78 is 9.66. The van der Waals surface area contributed by atoms with Crippen molar-refractivity contribution in [1.82, 2.24) is 5.32 Å². The minimum atomic E-state index is -1.15. The zero-order chi connectivity index (χ0) is 15.9. The Balaban J connectivity index is 1.76. The maximum absolute atomic E-state index is 11.4. The van der Waals surface area contributed by atoms with Crippen molar-refractivity contribution >= 4 is 23.8 Å². The van der Waals surface area contributed by atoms with Gasteiger partial charge in [0.15, 0.2) is 6.10 Å². The van der Waals surface area contributed by atoms with Gasteiger partial charge in [-0.05, 0) is 5.56 Å². The number of hydrogen-bond donors (Lipinski definition) is 1. The van der Waals surface area contributed by atoms with E-state index in [1.807, 2.05) is 23.5 Å². The van der Waals surface area contributed by atoms with E-state index in [0.29, 0.717) is 0 Å². The normalized spacial score (nSPS) is 17.4. The first-order chi connectivity index (χ1) is 10.5.